The Morgan fingerprint density at radius 2 is 1.96 bits per heavy atom. The van der Waals surface area contributed by atoms with Crippen LogP contribution in [0.1, 0.15) is 41.0 Å². The van der Waals surface area contributed by atoms with E-state index in [2.05, 4.69) is 15.1 Å². The van der Waals surface area contributed by atoms with Crippen LogP contribution in [0.3, 0.4) is 0 Å². The summed E-state index contributed by atoms with van der Waals surface area (Å²) in [4.78, 5) is 24.0. The van der Waals surface area contributed by atoms with Gasteiger partial charge in [0.1, 0.15) is 17.4 Å². The van der Waals surface area contributed by atoms with E-state index in [0.29, 0.717) is 24.0 Å². The summed E-state index contributed by atoms with van der Waals surface area (Å²) in [5.41, 5.74) is 3.13. The minimum absolute atomic E-state index is 0.106. The molecule has 5 rings (SSSR count). The van der Waals surface area contributed by atoms with Gasteiger partial charge < -0.3 is 13.8 Å². The van der Waals surface area contributed by atoms with Crippen molar-refractivity contribution in [1.29, 1.82) is 0 Å². The largest absolute Gasteiger partial charge is 0.337 e. The van der Waals surface area contributed by atoms with Gasteiger partial charge in [-0.3, -0.25) is 4.79 Å². The van der Waals surface area contributed by atoms with Gasteiger partial charge in [0.2, 0.25) is 11.7 Å². The predicted octanol–water partition coefficient (Wildman–Crippen LogP) is 3.67. The van der Waals surface area contributed by atoms with Crippen molar-refractivity contribution in [3.63, 3.8) is 0 Å². The van der Waals surface area contributed by atoms with Crippen LogP contribution in [0.5, 0.6) is 0 Å². The highest BCUT2D eigenvalue weighted by Gasteiger charge is 2.35. The van der Waals surface area contributed by atoms with Gasteiger partial charge >= 0.3 is 0 Å². The van der Waals surface area contributed by atoms with E-state index in [1.807, 2.05) is 59.9 Å². The average molecular weight is 373 g/mol. The van der Waals surface area contributed by atoms with Crippen molar-refractivity contribution in [2.45, 2.75) is 25.8 Å². The molecule has 0 N–H and O–H groups in total. The van der Waals surface area contributed by atoms with Crippen LogP contribution in [0.4, 0.5) is 0 Å². The van der Waals surface area contributed by atoms with Crippen LogP contribution in [0.25, 0.3) is 17.0 Å². The normalized spacial score (nSPS) is 16.8. The van der Waals surface area contributed by atoms with E-state index in [9.17, 15) is 4.79 Å². The number of nitrogens with zero attached hydrogens (tertiary/aromatic N) is 5. The lowest BCUT2D eigenvalue weighted by Crippen LogP contribution is -2.31. The molecule has 7 heteroatoms. The molecule has 0 aliphatic carbocycles. The maximum absolute atomic E-state index is 13.1. The molecule has 1 saturated heterocycles. The molecule has 1 aromatic carbocycles. The SMILES string of the molecule is Cc1cccc2nc(C(=O)N3CCC[C@H]3c3nc(-c4ccccc4)no3)cn12. The Morgan fingerprint density at radius 3 is 2.79 bits per heavy atom. The molecular formula is C21H19N5O2. The molecule has 1 aliphatic rings. The summed E-state index contributed by atoms with van der Waals surface area (Å²) in [6.45, 7) is 2.64. The van der Waals surface area contributed by atoms with E-state index in [1.165, 1.54) is 0 Å². The minimum atomic E-state index is -0.219. The Bertz CT molecular complexity index is 1150. The summed E-state index contributed by atoms with van der Waals surface area (Å²) in [7, 11) is 0. The fourth-order valence-corrected chi connectivity index (χ4v) is 3.74. The van der Waals surface area contributed by atoms with E-state index in [-0.39, 0.29) is 11.9 Å². The number of carbonyl (C=O) groups is 1. The standard InChI is InChI=1S/C21H19N5O2/c1-14-7-5-11-18-22-16(13-26(14)18)21(27)25-12-6-10-17(25)20-23-19(24-28-20)15-8-3-2-4-9-15/h2-5,7-9,11,13,17H,6,10,12H2,1H3/t17-/m0/s1. The van der Waals surface area contributed by atoms with Gasteiger partial charge in [-0.15, -0.1) is 0 Å². The summed E-state index contributed by atoms with van der Waals surface area (Å²) in [6, 6.07) is 15.3. The molecule has 1 fully saturated rings. The quantitative estimate of drug-likeness (QED) is 0.548. The lowest BCUT2D eigenvalue weighted by molar-refractivity contribution is 0.0705. The van der Waals surface area contributed by atoms with Gasteiger partial charge in [0, 0.05) is 24.0 Å². The van der Waals surface area contributed by atoms with Crippen LogP contribution in [-0.2, 0) is 0 Å². The molecule has 0 radical (unpaired) electrons. The zero-order valence-corrected chi connectivity index (χ0v) is 15.4. The Labute approximate surface area is 161 Å². The predicted molar refractivity (Wildman–Crippen MR) is 103 cm³/mol. The molecule has 4 aromatic rings. The van der Waals surface area contributed by atoms with E-state index in [0.717, 1.165) is 29.7 Å². The number of aromatic nitrogens is 4. The Balaban J connectivity index is 1.44. The van der Waals surface area contributed by atoms with E-state index in [1.54, 1.807) is 11.1 Å². The first-order valence-corrected chi connectivity index (χ1v) is 9.35. The summed E-state index contributed by atoms with van der Waals surface area (Å²) in [5.74, 6) is 0.910. The van der Waals surface area contributed by atoms with E-state index < -0.39 is 0 Å². The smallest absolute Gasteiger partial charge is 0.274 e. The van der Waals surface area contributed by atoms with Crippen LogP contribution in [0, 0.1) is 6.92 Å². The Hall–Kier alpha value is -3.48. The third-order valence-electron chi connectivity index (χ3n) is 5.19. The number of fused-ring (bicyclic) bond motifs is 1. The molecule has 3 aromatic heterocycles. The van der Waals surface area contributed by atoms with Crippen LogP contribution in [-0.4, -0.2) is 36.9 Å². The molecule has 28 heavy (non-hydrogen) atoms. The number of aryl methyl sites for hydroxylation is 1. The average Bonchev–Trinajstić information content (AvgIpc) is 3.46. The van der Waals surface area contributed by atoms with Crippen molar-refractivity contribution < 1.29 is 9.32 Å². The van der Waals surface area contributed by atoms with Crippen LogP contribution in [0.2, 0.25) is 0 Å². The summed E-state index contributed by atoms with van der Waals surface area (Å²) < 4.78 is 7.45. The van der Waals surface area contributed by atoms with Crippen LogP contribution in [0.15, 0.2) is 59.3 Å². The number of imidazole rings is 1. The van der Waals surface area contributed by atoms with Crippen LogP contribution >= 0.6 is 0 Å². The van der Waals surface area contributed by atoms with E-state index in [4.69, 9.17) is 4.52 Å². The van der Waals surface area contributed by atoms with Crippen molar-refractivity contribution >= 4 is 11.6 Å². The third-order valence-corrected chi connectivity index (χ3v) is 5.19. The molecule has 1 amide bonds. The second-order valence-corrected chi connectivity index (χ2v) is 7.00. The van der Waals surface area contributed by atoms with Crippen molar-refractivity contribution in [2.24, 2.45) is 0 Å². The van der Waals surface area contributed by atoms with Gasteiger partial charge in [0.25, 0.3) is 5.91 Å². The number of likely N-dealkylation sites (tertiary alicyclic amines) is 1. The minimum Gasteiger partial charge on any atom is -0.337 e. The van der Waals surface area contributed by atoms with Gasteiger partial charge in [0.05, 0.1) is 0 Å². The number of hydrogen-bond donors (Lipinski definition) is 0. The lowest BCUT2D eigenvalue weighted by atomic mass is 10.2. The summed E-state index contributed by atoms with van der Waals surface area (Å²) >= 11 is 0. The number of rotatable bonds is 3. The van der Waals surface area contributed by atoms with Gasteiger partial charge in [-0.1, -0.05) is 41.6 Å². The number of hydrogen-bond acceptors (Lipinski definition) is 5. The number of amides is 1. The first-order valence-electron chi connectivity index (χ1n) is 9.35. The van der Waals surface area contributed by atoms with Crippen molar-refractivity contribution in [3.8, 4) is 11.4 Å². The maximum atomic E-state index is 13.1. The Morgan fingerprint density at radius 1 is 1.11 bits per heavy atom. The molecule has 1 aliphatic heterocycles. The zero-order chi connectivity index (χ0) is 19.1. The zero-order valence-electron chi connectivity index (χ0n) is 15.4. The number of pyridine rings is 1. The fraction of sp³-hybridized carbons (Fsp3) is 0.238. The highest BCUT2D eigenvalue weighted by Crippen LogP contribution is 2.33. The first kappa shape index (κ1) is 16.7. The van der Waals surface area contributed by atoms with Gasteiger partial charge in [0.15, 0.2) is 0 Å². The van der Waals surface area contributed by atoms with E-state index >= 15 is 0 Å². The molecular weight excluding hydrogens is 354 g/mol. The molecule has 0 saturated carbocycles. The van der Waals surface area contributed by atoms with Crippen molar-refractivity contribution in [1.82, 2.24) is 24.4 Å². The third kappa shape index (κ3) is 2.76. The first-order chi connectivity index (χ1) is 13.7. The van der Waals surface area contributed by atoms with Crippen molar-refractivity contribution in [3.05, 3.63) is 72.0 Å². The van der Waals surface area contributed by atoms with Gasteiger partial charge in [-0.25, -0.2) is 4.98 Å². The second-order valence-electron chi connectivity index (χ2n) is 7.00. The lowest BCUT2D eigenvalue weighted by Gasteiger charge is -2.20. The summed E-state index contributed by atoms with van der Waals surface area (Å²) in [5, 5.41) is 4.10. The molecule has 4 heterocycles. The molecule has 0 bridgehead atoms. The summed E-state index contributed by atoms with van der Waals surface area (Å²) in [6.07, 6.45) is 3.49. The van der Waals surface area contributed by atoms with Crippen LogP contribution < -0.4 is 0 Å². The topological polar surface area (TPSA) is 76.5 Å². The highest BCUT2D eigenvalue weighted by atomic mass is 16.5. The molecule has 140 valence electrons. The molecule has 0 unspecified atom stereocenters. The Kier molecular flexibility index (Phi) is 3.93. The maximum Gasteiger partial charge on any atom is 0.274 e. The molecule has 1 atom stereocenters. The number of carbonyl (C=O) groups excluding carboxylic acids is 1. The fourth-order valence-electron chi connectivity index (χ4n) is 3.74. The van der Waals surface area contributed by atoms with Gasteiger partial charge in [-0.05, 0) is 31.9 Å². The highest BCUT2D eigenvalue weighted by molar-refractivity contribution is 5.93. The second kappa shape index (κ2) is 6.60. The van der Waals surface area contributed by atoms with Crippen molar-refractivity contribution in [2.75, 3.05) is 6.54 Å². The molecule has 7 nitrogen and oxygen atoms in total. The number of benzene rings is 1. The molecule has 0 spiro atoms. The van der Waals surface area contributed by atoms with Gasteiger partial charge in [-0.2, -0.15) is 4.98 Å². The monoisotopic (exact) mass is 373 g/mol.